The van der Waals surface area contributed by atoms with Gasteiger partial charge >= 0.3 is 5.69 Å². The summed E-state index contributed by atoms with van der Waals surface area (Å²) in [6.07, 6.45) is -3.98. The SMILES string of the molecule is Cc1ccc(COc2cn([C@@H]3O[C@H](CO)[C@@H](O)[C@H]3O)c(=O)[nH]c2=O)cc1. The van der Waals surface area contributed by atoms with Crippen molar-refractivity contribution in [3.63, 3.8) is 0 Å². The van der Waals surface area contributed by atoms with Gasteiger partial charge in [-0.25, -0.2) is 4.79 Å². The number of hydrogen-bond acceptors (Lipinski definition) is 7. The molecule has 0 radical (unpaired) electrons. The first-order valence-electron chi connectivity index (χ1n) is 8.07. The van der Waals surface area contributed by atoms with E-state index < -0.39 is 42.4 Å². The highest BCUT2D eigenvalue weighted by Gasteiger charge is 2.43. The highest BCUT2D eigenvalue weighted by molar-refractivity contribution is 5.22. The quantitative estimate of drug-likeness (QED) is 0.537. The van der Waals surface area contributed by atoms with Gasteiger partial charge in [-0.1, -0.05) is 29.8 Å². The zero-order chi connectivity index (χ0) is 18.8. The largest absolute Gasteiger partial charge is 0.482 e. The van der Waals surface area contributed by atoms with Crippen molar-refractivity contribution < 1.29 is 24.8 Å². The number of aryl methyl sites for hydroxylation is 1. The molecular formula is C17H20N2O7. The number of aromatic nitrogens is 2. The fourth-order valence-corrected chi connectivity index (χ4v) is 2.71. The standard InChI is InChI=1S/C17H20N2O7/c1-9-2-4-10(5-3-9)8-25-11-6-19(17(24)18-15(11)23)16-14(22)13(21)12(7-20)26-16/h2-6,12-14,16,20-22H,7-8H2,1H3,(H,18,23,24)/t12-,13-,14-,16-/m1/s1. The first-order valence-corrected chi connectivity index (χ1v) is 8.07. The van der Waals surface area contributed by atoms with Crippen LogP contribution in [0.25, 0.3) is 0 Å². The molecule has 1 aromatic heterocycles. The van der Waals surface area contributed by atoms with E-state index in [1.165, 1.54) is 0 Å². The van der Waals surface area contributed by atoms with E-state index >= 15 is 0 Å². The van der Waals surface area contributed by atoms with Gasteiger partial charge in [-0.15, -0.1) is 0 Å². The number of nitrogens with zero attached hydrogens (tertiary/aromatic N) is 1. The number of nitrogens with one attached hydrogen (secondary N) is 1. The molecule has 1 aromatic carbocycles. The van der Waals surface area contributed by atoms with Crippen molar-refractivity contribution in [1.29, 1.82) is 0 Å². The van der Waals surface area contributed by atoms with Gasteiger partial charge in [0.1, 0.15) is 24.9 Å². The van der Waals surface area contributed by atoms with Crippen molar-refractivity contribution in [1.82, 2.24) is 9.55 Å². The topological polar surface area (TPSA) is 134 Å². The molecule has 26 heavy (non-hydrogen) atoms. The minimum absolute atomic E-state index is 0.109. The number of rotatable bonds is 5. The average Bonchev–Trinajstić information content (AvgIpc) is 2.90. The van der Waals surface area contributed by atoms with Gasteiger partial charge in [0.25, 0.3) is 5.56 Å². The third-order valence-corrected chi connectivity index (χ3v) is 4.24. The van der Waals surface area contributed by atoms with E-state index in [-0.39, 0.29) is 12.4 Å². The second-order valence-corrected chi connectivity index (χ2v) is 6.16. The van der Waals surface area contributed by atoms with Crippen LogP contribution >= 0.6 is 0 Å². The van der Waals surface area contributed by atoms with Crippen LogP contribution in [0.15, 0.2) is 40.1 Å². The Kier molecular flexibility index (Phi) is 5.23. The highest BCUT2D eigenvalue weighted by atomic mass is 16.6. The van der Waals surface area contributed by atoms with Crippen LogP contribution in [0.1, 0.15) is 17.4 Å². The minimum Gasteiger partial charge on any atom is -0.482 e. The first-order chi connectivity index (χ1) is 12.4. The Hall–Kier alpha value is -2.46. The second kappa shape index (κ2) is 7.42. The summed E-state index contributed by atoms with van der Waals surface area (Å²) in [5, 5.41) is 29.0. The Balaban J connectivity index is 1.84. The zero-order valence-corrected chi connectivity index (χ0v) is 14.0. The van der Waals surface area contributed by atoms with E-state index in [0.717, 1.165) is 21.9 Å². The van der Waals surface area contributed by atoms with Gasteiger partial charge in [-0.2, -0.15) is 0 Å². The molecule has 2 aromatic rings. The molecule has 3 rings (SSSR count). The zero-order valence-electron chi connectivity index (χ0n) is 14.0. The Morgan fingerprint density at radius 1 is 1.19 bits per heavy atom. The summed E-state index contributed by atoms with van der Waals surface area (Å²) < 4.78 is 11.7. The number of benzene rings is 1. The minimum atomic E-state index is -1.44. The van der Waals surface area contributed by atoms with Crippen LogP contribution < -0.4 is 16.0 Å². The van der Waals surface area contributed by atoms with Crippen LogP contribution in [0.5, 0.6) is 5.75 Å². The van der Waals surface area contributed by atoms with Crippen molar-refractivity contribution in [2.75, 3.05) is 6.61 Å². The number of aliphatic hydroxyl groups excluding tert-OH is 3. The molecule has 1 fully saturated rings. The number of ether oxygens (including phenoxy) is 2. The fraction of sp³-hybridized carbons (Fsp3) is 0.412. The molecule has 9 nitrogen and oxygen atoms in total. The van der Waals surface area contributed by atoms with Crippen molar-refractivity contribution in [2.45, 2.75) is 38.1 Å². The van der Waals surface area contributed by atoms with Crippen LogP contribution in [0.3, 0.4) is 0 Å². The van der Waals surface area contributed by atoms with Crippen molar-refractivity contribution in [3.05, 3.63) is 62.4 Å². The van der Waals surface area contributed by atoms with E-state index in [2.05, 4.69) is 4.98 Å². The molecule has 0 bridgehead atoms. The molecule has 9 heteroatoms. The predicted octanol–water partition coefficient (Wildman–Crippen LogP) is -0.964. The van der Waals surface area contributed by atoms with E-state index in [4.69, 9.17) is 14.6 Å². The number of aromatic amines is 1. The Labute approximate surface area is 148 Å². The van der Waals surface area contributed by atoms with Gasteiger partial charge in [0.15, 0.2) is 6.23 Å². The lowest BCUT2D eigenvalue weighted by Crippen LogP contribution is -2.38. The molecule has 0 unspecified atom stereocenters. The highest BCUT2D eigenvalue weighted by Crippen LogP contribution is 2.28. The lowest BCUT2D eigenvalue weighted by molar-refractivity contribution is -0.0553. The van der Waals surface area contributed by atoms with Crippen LogP contribution in [0, 0.1) is 6.92 Å². The van der Waals surface area contributed by atoms with Crippen molar-refractivity contribution >= 4 is 0 Å². The van der Waals surface area contributed by atoms with E-state index in [1.54, 1.807) is 0 Å². The molecule has 1 saturated heterocycles. The van der Waals surface area contributed by atoms with Crippen LogP contribution in [0.2, 0.25) is 0 Å². The van der Waals surface area contributed by atoms with E-state index in [0.29, 0.717) is 0 Å². The van der Waals surface area contributed by atoms with Crippen molar-refractivity contribution in [3.8, 4) is 5.75 Å². The molecule has 0 aliphatic carbocycles. The second-order valence-electron chi connectivity index (χ2n) is 6.16. The van der Waals surface area contributed by atoms with Crippen LogP contribution in [-0.4, -0.2) is 49.8 Å². The summed E-state index contributed by atoms with van der Waals surface area (Å²) in [5.41, 5.74) is 0.378. The molecule has 4 atom stereocenters. The number of H-pyrrole nitrogens is 1. The molecular weight excluding hydrogens is 344 g/mol. The number of hydrogen-bond donors (Lipinski definition) is 4. The molecule has 4 N–H and O–H groups in total. The van der Waals surface area contributed by atoms with E-state index in [1.807, 2.05) is 31.2 Å². The van der Waals surface area contributed by atoms with Crippen molar-refractivity contribution in [2.24, 2.45) is 0 Å². The summed E-state index contributed by atoms with van der Waals surface area (Å²) in [7, 11) is 0. The molecule has 140 valence electrons. The third-order valence-electron chi connectivity index (χ3n) is 4.24. The summed E-state index contributed by atoms with van der Waals surface area (Å²) in [6, 6.07) is 7.52. The monoisotopic (exact) mass is 364 g/mol. The maximum atomic E-state index is 12.1. The maximum absolute atomic E-state index is 12.1. The molecule has 2 heterocycles. The summed E-state index contributed by atoms with van der Waals surface area (Å²) >= 11 is 0. The van der Waals surface area contributed by atoms with Gasteiger partial charge in [0, 0.05) is 0 Å². The van der Waals surface area contributed by atoms with Gasteiger partial charge in [-0.05, 0) is 12.5 Å². The number of aliphatic hydroxyl groups is 3. The molecule has 1 aliphatic heterocycles. The van der Waals surface area contributed by atoms with Gasteiger partial charge < -0.3 is 24.8 Å². The summed E-state index contributed by atoms with van der Waals surface area (Å²) in [5.74, 6) is -0.136. The van der Waals surface area contributed by atoms with Crippen LogP contribution in [-0.2, 0) is 11.3 Å². The normalized spacial score (nSPS) is 25.4. The van der Waals surface area contributed by atoms with Gasteiger partial charge in [0.05, 0.1) is 12.8 Å². The molecule has 0 saturated carbocycles. The lowest BCUT2D eigenvalue weighted by atomic mass is 10.1. The Morgan fingerprint density at radius 2 is 1.88 bits per heavy atom. The van der Waals surface area contributed by atoms with Gasteiger partial charge in [-0.3, -0.25) is 14.3 Å². The molecule has 1 aliphatic rings. The van der Waals surface area contributed by atoms with Gasteiger partial charge in [0.2, 0.25) is 5.75 Å². The summed E-state index contributed by atoms with van der Waals surface area (Å²) in [4.78, 5) is 26.1. The van der Waals surface area contributed by atoms with E-state index in [9.17, 15) is 19.8 Å². The molecule has 0 spiro atoms. The predicted molar refractivity (Wildman–Crippen MR) is 89.8 cm³/mol. The smallest absolute Gasteiger partial charge is 0.330 e. The first kappa shape index (κ1) is 18.3. The fourth-order valence-electron chi connectivity index (χ4n) is 2.71. The third kappa shape index (κ3) is 3.56. The molecule has 0 amide bonds. The lowest BCUT2D eigenvalue weighted by Gasteiger charge is -2.18. The Bertz CT molecular complexity index is 874. The summed E-state index contributed by atoms with van der Waals surface area (Å²) in [6.45, 7) is 1.54. The Morgan fingerprint density at radius 3 is 2.50 bits per heavy atom. The maximum Gasteiger partial charge on any atom is 0.330 e. The average molecular weight is 364 g/mol. The van der Waals surface area contributed by atoms with Crippen LogP contribution in [0.4, 0.5) is 0 Å².